The molecule has 0 aliphatic heterocycles. The van der Waals surface area contributed by atoms with E-state index < -0.39 is 16.3 Å². The van der Waals surface area contributed by atoms with Crippen LogP contribution in [0.15, 0.2) is 42.5 Å². The minimum atomic E-state index is -0.765. The normalized spacial score (nSPS) is 14.7. The molecule has 0 bridgehead atoms. The second-order valence-electron chi connectivity index (χ2n) is 7.18. The molecule has 0 radical (unpaired) electrons. The summed E-state index contributed by atoms with van der Waals surface area (Å²) in [6, 6.07) is 11.0. The minimum absolute atomic E-state index is 0.0125. The highest BCUT2D eigenvalue weighted by Crippen LogP contribution is 2.42. The van der Waals surface area contributed by atoms with Crippen LogP contribution < -0.4 is 10.1 Å². The van der Waals surface area contributed by atoms with Gasteiger partial charge in [-0.2, -0.15) is 0 Å². The fourth-order valence-corrected chi connectivity index (χ4v) is 3.93. The van der Waals surface area contributed by atoms with Gasteiger partial charge in [-0.1, -0.05) is 25.0 Å². The molecule has 1 amide bonds. The third-order valence-electron chi connectivity index (χ3n) is 5.48. The minimum Gasteiger partial charge on any atom is -0.496 e. The van der Waals surface area contributed by atoms with Crippen molar-refractivity contribution in [3.05, 3.63) is 63.7 Å². The Morgan fingerprint density at radius 1 is 1.13 bits per heavy atom. The van der Waals surface area contributed by atoms with E-state index in [1.165, 1.54) is 25.3 Å². The summed E-state index contributed by atoms with van der Waals surface area (Å²) in [6.07, 6.45) is 3.08. The van der Waals surface area contributed by atoms with Crippen LogP contribution >= 0.6 is 0 Å². The first-order valence-corrected chi connectivity index (χ1v) is 9.83. The van der Waals surface area contributed by atoms with Crippen LogP contribution in [0, 0.1) is 10.1 Å². The van der Waals surface area contributed by atoms with Gasteiger partial charge in [0.15, 0.2) is 0 Å². The van der Waals surface area contributed by atoms with E-state index in [0.29, 0.717) is 24.3 Å². The van der Waals surface area contributed by atoms with E-state index in [-0.39, 0.29) is 23.8 Å². The fraction of sp³-hybridized carbons (Fsp3) is 0.364. The maximum absolute atomic E-state index is 13.3. The van der Waals surface area contributed by atoms with Crippen LogP contribution in [-0.4, -0.2) is 30.5 Å². The Bertz CT molecular complexity index is 949. The monoisotopic (exact) mass is 412 g/mol. The zero-order valence-electron chi connectivity index (χ0n) is 17.0. The number of esters is 1. The van der Waals surface area contributed by atoms with Crippen molar-refractivity contribution in [1.29, 1.82) is 0 Å². The largest absolute Gasteiger partial charge is 0.496 e. The van der Waals surface area contributed by atoms with Gasteiger partial charge in [-0.15, -0.1) is 0 Å². The summed E-state index contributed by atoms with van der Waals surface area (Å²) in [7, 11) is 1.46. The Morgan fingerprint density at radius 2 is 1.80 bits per heavy atom. The predicted molar refractivity (Wildman–Crippen MR) is 111 cm³/mol. The van der Waals surface area contributed by atoms with E-state index in [1.54, 1.807) is 31.2 Å². The lowest BCUT2D eigenvalue weighted by atomic mass is 9.78. The van der Waals surface area contributed by atoms with Crippen LogP contribution in [-0.2, 0) is 14.9 Å². The first kappa shape index (κ1) is 21.3. The number of nitrogens with one attached hydrogen (secondary N) is 1. The number of hydrogen-bond donors (Lipinski definition) is 1. The van der Waals surface area contributed by atoms with Crippen LogP contribution in [0.3, 0.4) is 0 Å². The molecule has 1 fully saturated rings. The zero-order valence-corrected chi connectivity index (χ0v) is 17.0. The van der Waals surface area contributed by atoms with Gasteiger partial charge < -0.3 is 14.8 Å². The standard InChI is InChI=1S/C22H24N2O6/c1-3-30-20(25)18-14-16(8-11-19(18)29-2)23-21(26)22(12-4-5-13-22)15-6-9-17(10-7-15)24(27)28/h6-11,14H,3-5,12-13H2,1-2H3,(H,23,26). The number of nitro groups is 1. The highest BCUT2D eigenvalue weighted by atomic mass is 16.6. The molecule has 0 atom stereocenters. The van der Waals surface area contributed by atoms with Gasteiger partial charge in [-0.05, 0) is 43.5 Å². The Hall–Kier alpha value is -3.42. The molecule has 0 unspecified atom stereocenters. The molecular formula is C22H24N2O6. The topological polar surface area (TPSA) is 108 Å². The molecule has 0 saturated heterocycles. The summed E-state index contributed by atoms with van der Waals surface area (Å²) in [4.78, 5) is 36.0. The zero-order chi connectivity index (χ0) is 21.7. The first-order chi connectivity index (χ1) is 14.4. The number of carbonyl (C=O) groups is 2. The van der Waals surface area contributed by atoms with E-state index in [2.05, 4.69) is 5.32 Å². The Morgan fingerprint density at radius 3 is 2.37 bits per heavy atom. The Labute approximate surface area is 174 Å². The highest BCUT2D eigenvalue weighted by Gasteiger charge is 2.43. The lowest BCUT2D eigenvalue weighted by Gasteiger charge is -2.28. The van der Waals surface area contributed by atoms with Crippen LogP contribution in [0.25, 0.3) is 0 Å². The molecule has 3 rings (SSSR count). The van der Waals surface area contributed by atoms with Gasteiger partial charge in [-0.25, -0.2) is 4.79 Å². The molecule has 2 aromatic carbocycles. The third-order valence-corrected chi connectivity index (χ3v) is 5.48. The number of non-ortho nitro benzene ring substituents is 1. The number of carbonyl (C=O) groups excluding carboxylic acids is 2. The van der Waals surface area contributed by atoms with Crippen LogP contribution in [0.1, 0.15) is 48.5 Å². The summed E-state index contributed by atoms with van der Waals surface area (Å²) >= 11 is 0. The maximum atomic E-state index is 13.3. The van der Waals surface area contributed by atoms with Crippen molar-refractivity contribution in [2.75, 3.05) is 19.0 Å². The van der Waals surface area contributed by atoms with Gasteiger partial charge in [0.05, 0.1) is 24.1 Å². The Balaban J connectivity index is 1.89. The fourth-order valence-electron chi connectivity index (χ4n) is 3.93. The molecule has 1 aliphatic rings. The van der Waals surface area contributed by atoms with Crippen molar-refractivity contribution >= 4 is 23.3 Å². The summed E-state index contributed by atoms with van der Waals surface area (Å²) < 4.78 is 10.3. The van der Waals surface area contributed by atoms with Crippen molar-refractivity contribution in [2.45, 2.75) is 38.0 Å². The first-order valence-electron chi connectivity index (χ1n) is 9.83. The Kier molecular flexibility index (Phi) is 6.34. The van der Waals surface area contributed by atoms with Gasteiger partial charge >= 0.3 is 5.97 Å². The summed E-state index contributed by atoms with van der Waals surface area (Å²) in [5, 5.41) is 13.9. The summed E-state index contributed by atoms with van der Waals surface area (Å²) in [5.74, 6) is -0.373. The second kappa shape index (κ2) is 8.94. The van der Waals surface area contributed by atoms with Crippen LogP contribution in [0.2, 0.25) is 0 Å². The molecule has 30 heavy (non-hydrogen) atoms. The van der Waals surface area contributed by atoms with E-state index in [0.717, 1.165) is 18.4 Å². The number of nitro benzene ring substituents is 1. The van der Waals surface area contributed by atoms with E-state index >= 15 is 0 Å². The van der Waals surface area contributed by atoms with Gasteiger partial charge in [-0.3, -0.25) is 14.9 Å². The molecule has 1 aliphatic carbocycles. The van der Waals surface area contributed by atoms with Crippen molar-refractivity contribution < 1.29 is 24.0 Å². The number of nitrogens with zero attached hydrogens (tertiary/aromatic N) is 1. The number of rotatable bonds is 7. The van der Waals surface area contributed by atoms with Gasteiger partial charge in [0.25, 0.3) is 5.69 Å². The molecule has 2 aromatic rings. The molecule has 1 saturated carbocycles. The third kappa shape index (κ3) is 4.12. The van der Waals surface area contributed by atoms with Gasteiger partial charge in [0, 0.05) is 17.8 Å². The van der Waals surface area contributed by atoms with E-state index in [1.807, 2.05) is 0 Å². The smallest absolute Gasteiger partial charge is 0.341 e. The molecule has 8 heteroatoms. The molecule has 158 valence electrons. The predicted octanol–water partition coefficient (Wildman–Crippen LogP) is 4.23. The lowest BCUT2D eigenvalue weighted by molar-refractivity contribution is -0.384. The van der Waals surface area contributed by atoms with Crippen molar-refractivity contribution in [3.63, 3.8) is 0 Å². The molecule has 0 aromatic heterocycles. The number of ether oxygens (including phenoxy) is 2. The number of amides is 1. The average Bonchev–Trinajstić information content (AvgIpc) is 3.25. The molecule has 0 heterocycles. The van der Waals surface area contributed by atoms with Crippen molar-refractivity contribution in [2.24, 2.45) is 0 Å². The highest BCUT2D eigenvalue weighted by molar-refractivity contribution is 6.01. The number of methoxy groups -OCH3 is 1. The SMILES string of the molecule is CCOC(=O)c1cc(NC(=O)C2(c3ccc([N+](=O)[O-])cc3)CCCC2)ccc1OC. The lowest BCUT2D eigenvalue weighted by Crippen LogP contribution is -2.38. The number of hydrogen-bond acceptors (Lipinski definition) is 6. The number of benzene rings is 2. The molecule has 1 N–H and O–H groups in total. The maximum Gasteiger partial charge on any atom is 0.341 e. The molecule has 8 nitrogen and oxygen atoms in total. The molecule has 0 spiro atoms. The second-order valence-corrected chi connectivity index (χ2v) is 7.18. The van der Waals surface area contributed by atoms with Crippen LogP contribution in [0.4, 0.5) is 11.4 Å². The molecular weight excluding hydrogens is 388 g/mol. The van der Waals surface area contributed by atoms with Crippen molar-refractivity contribution in [3.8, 4) is 5.75 Å². The van der Waals surface area contributed by atoms with Crippen molar-refractivity contribution in [1.82, 2.24) is 0 Å². The van der Waals surface area contributed by atoms with E-state index in [4.69, 9.17) is 9.47 Å². The van der Waals surface area contributed by atoms with Crippen LogP contribution in [0.5, 0.6) is 5.75 Å². The van der Waals surface area contributed by atoms with E-state index in [9.17, 15) is 19.7 Å². The quantitative estimate of drug-likeness (QED) is 0.414. The average molecular weight is 412 g/mol. The van der Waals surface area contributed by atoms with Gasteiger partial charge in [0.1, 0.15) is 11.3 Å². The van der Waals surface area contributed by atoms with Gasteiger partial charge in [0.2, 0.25) is 5.91 Å². The summed E-state index contributed by atoms with van der Waals surface area (Å²) in [6.45, 7) is 1.94. The summed E-state index contributed by atoms with van der Waals surface area (Å²) in [5.41, 5.74) is 0.660. The number of anilines is 1.